The second-order valence-electron chi connectivity index (χ2n) is 5.51. The number of carbonyl (C=O) groups is 1. The van der Waals surface area contributed by atoms with Crippen LogP contribution in [0, 0.1) is 5.92 Å². The molecule has 0 aromatic carbocycles. The van der Waals surface area contributed by atoms with Gasteiger partial charge in [-0.1, -0.05) is 13.3 Å². The van der Waals surface area contributed by atoms with E-state index in [1.807, 2.05) is 11.9 Å². The Labute approximate surface area is 117 Å². The van der Waals surface area contributed by atoms with E-state index in [0.29, 0.717) is 13.2 Å². The van der Waals surface area contributed by atoms with Gasteiger partial charge in [-0.05, 0) is 38.9 Å². The van der Waals surface area contributed by atoms with E-state index < -0.39 is 0 Å². The zero-order valence-corrected chi connectivity index (χ0v) is 12.4. The maximum Gasteiger partial charge on any atom is 0.231 e. The summed E-state index contributed by atoms with van der Waals surface area (Å²) in [6.45, 7) is 8.22. The molecule has 1 fully saturated rings. The fourth-order valence-electron chi connectivity index (χ4n) is 2.48. The van der Waals surface area contributed by atoms with Gasteiger partial charge in [0.25, 0.3) is 0 Å². The first-order valence-electron chi connectivity index (χ1n) is 7.38. The summed E-state index contributed by atoms with van der Waals surface area (Å²) in [4.78, 5) is 15.1. The molecule has 0 aromatic heterocycles. The predicted octanol–water partition coefficient (Wildman–Crippen LogP) is 0.542. The van der Waals surface area contributed by atoms with Gasteiger partial charge < -0.3 is 15.4 Å². The van der Waals surface area contributed by atoms with E-state index in [2.05, 4.69) is 11.8 Å². The fraction of sp³-hybridized carbons (Fsp3) is 0.929. The van der Waals surface area contributed by atoms with E-state index >= 15 is 0 Å². The van der Waals surface area contributed by atoms with E-state index in [1.54, 1.807) is 0 Å². The quantitative estimate of drug-likeness (QED) is 0.622. The molecule has 1 aliphatic heterocycles. The summed E-state index contributed by atoms with van der Waals surface area (Å²) >= 11 is 0. The topological polar surface area (TPSA) is 58.8 Å². The first kappa shape index (κ1) is 16.4. The van der Waals surface area contributed by atoms with Crippen LogP contribution in [0.1, 0.15) is 26.2 Å². The first-order chi connectivity index (χ1) is 9.11. The highest BCUT2D eigenvalue weighted by Gasteiger charge is 2.16. The van der Waals surface area contributed by atoms with Gasteiger partial charge in [0.2, 0.25) is 5.91 Å². The molecule has 0 radical (unpaired) electrons. The Morgan fingerprint density at radius 1 is 1.37 bits per heavy atom. The Morgan fingerprint density at radius 2 is 2.05 bits per heavy atom. The minimum absolute atomic E-state index is 0.290. The number of ether oxygens (including phenoxy) is 1. The normalized spacial score (nSPS) is 18.1. The number of carbonyl (C=O) groups excluding carboxylic acids is 1. The van der Waals surface area contributed by atoms with Gasteiger partial charge in [0.05, 0.1) is 19.8 Å². The van der Waals surface area contributed by atoms with E-state index in [1.165, 1.54) is 32.4 Å². The van der Waals surface area contributed by atoms with Crippen LogP contribution in [0.3, 0.4) is 0 Å². The molecule has 1 aliphatic rings. The number of hydrogen-bond acceptors (Lipinski definition) is 4. The zero-order valence-electron chi connectivity index (χ0n) is 12.4. The molecule has 112 valence electrons. The second kappa shape index (κ2) is 9.28. The standard InChI is InChI=1S/C14H29N3O2/c1-3-13-4-6-17(7-5-13)9-11-19-10-8-16(2)12-14(15)18/h13H,3-12H2,1-2H3,(H2,15,18). The molecule has 2 N–H and O–H groups in total. The van der Waals surface area contributed by atoms with E-state index in [4.69, 9.17) is 10.5 Å². The molecule has 0 bridgehead atoms. The lowest BCUT2D eigenvalue weighted by atomic mass is 9.94. The highest BCUT2D eigenvalue weighted by molar-refractivity contribution is 5.75. The van der Waals surface area contributed by atoms with Crippen LogP contribution in [0.25, 0.3) is 0 Å². The van der Waals surface area contributed by atoms with Gasteiger partial charge >= 0.3 is 0 Å². The van der Waals surface area contributed by atoms with Gasteiger partial charge in [0.1, 0.15) is 0 Å². The fourth-order valence-corrected chi connectivity index (χ4v) is 2.48. The number of amides is 1. The summed E-state index contributed by atoms with van der Waals surface area (Å²) in [5.41, 5.74) is 5.12. The lowest BCUT2D eigenvalue weighted by Gasteiger charge is -2.31. The van der Waals surface area contributed by atoms with Gasteiger partial charge in [0.15, 0.2) is 0 Å². The first-order valence-corrected chi connectivity index (χ1v) is 7.38. The molecule has 0 unspecified atom stereocenters. The van der Waals surface area contributed by atoms with Crippen molar-refractivity contribution in [3.8, 4) is 0 Å². The van der Waals surface area contributed by atoms with Gasteiger partial charge in [-0.3, -0.25) is 9.69 Å². The average Bonchev–Trinajstić information content (AvgIpc) is 2.38. The summed E-state index contributed by atoms with van der Waals surface area (Å²) in [5, 5.41) is 0. The number of likely N-dealkylation sites (tertiary alicyclic amines) is 1. The number of nitrogens with two attached hydrogens (primary N) is 1. The highest BCUT2D eigenvalue weighted by atomic mass is 16.5. The zero-order chi connectivity index (χ0) is 14.1. The second-order valence-corrected chi connectivity index (χ2v) is 5.51. The molecule has 0 aromatic rings. The number of piperidine rings is 1. The van der Waals surface area contributed by atoms with Crippen molar-refractivity contribution in [2.75, 3.05) is 53.0 Å². The number of rotatable bonds is 9. The van der Waals surface area contributed by atoms with Crippen molar-refractivity contribution in [2.24, 2.45) is 11.7 Å². The molecule has 5 nitrogen and oxygen atoms in total. The summed E-state index contributed by atoms with van der Waals surface area (Å²) in [6, 6.07) is 0. The maximum absolute atomic E-state index is 10.7. The molecule has 19 heavy (non-hydrogen) atoms. The molecule has 0 atom stereocenters. The van der Waals surface area contributed by atoms with Crippen molar-refractivity contribution in [1.82, 2.24) is 9.80 Å². The largest absolute Gasteiger partial charge is 0.379 e. The van der Waals surface area contributed by atoms with Gasteiger partial charge in [-0.2, -0.15) is 0 Å². The highest BCUT2D eigenvalue weighted by Crippen LogP contribution is 2.19. The number of likely N-dealkylation sites (N-methyl/N-ethyl adjacent to an activating group) is 1. The molecule has 5 heteroatoms. The molecular weight excluding hydrogens is 242 g/mol. The Balaban J connectivity index is 1.95. The SMILES string of the molecule is CCC1CCN(CCOCCN(C)CC(N)=O)CC1. The number of nitrogens with zero attached hydrogens (tertiary/aromatic N) is 2. The molecule has 1 saturated heterocycles. The summed E-state index contributed by atoms with van der Waals surface area (Å²) < 4.78 is 5.61. The van der Waals surface area contributed by atoms with Crippen LogP contribution in [0.4, 0.5) is 0 Å². The maximum atomic E-state index is 10.7. The molecule has 0 spiro atoms. The third-order valence-electron chi connectivity index (χ3n) is 3.88. The molecule has 0 saturated carbocycles. The average molecular weight is 271 g/mol. The minimum atomic E-state index is -0.290. The third-order valence-corrected chi connectivity index (χ3v) is 3.88. The van der Waals surface area contributed by atoms with E-state index in [9.17, 15) is 4.79 Å². The number of hydrogen-bond donors (Lipinski definition) is 1. The van der Waals surface area contributed by atoms with Crippen molar-refractivity contribution in [3.63, 3.8) is 0 Å². The molecule has 0 aliphatic carbocycles. The molecule has 1 amide bonds. The van der Waals surface area contributed by atoms with Gasteiger partial charge in [0, 0.05) is 13.1 Å². The summed E-state index contributed by atoms with van der Waals surface area (Å²) in [5.74, 6) is 0.640. The van der Waals surface area contributed by atoms with Crippen LogP contribution in [0.5, 0.6) is 0 Å². The van der Waals surface area contributed by atoms with Crippen molar-refractivity contribution in [3.05, 3.63) is 0 Å². The van der Waals surface area contributed by atoms with E-state index in [-0.39, 0.29) is 5.91 Å². The third kappa shape index (κ3) is 7.50. The van der Waals surface area contributed by atoms with Crippen LogP contribution in [-0.4, -0.2) is 68.7 Å². The molecular formula is C14H29N3O2. The molecule has 1 heterocycles. The van der Waals surface area contributed by atoms with Crippen molar-refractivity contribution in [1.29, 1.82) is 0 Å². The van der Waals surface area contributed by atoms with Gasteiger partial charge in [-0.25, -0.2) is 0 Å². The van der Waals surface area contributed by atoms with Crippen LogP contribution >= 0.6 is 0 Å². The Morgan fingerprint density at radius 3 is 2.63 bits per heavy atom. The monoisotopic (exact) mass is 271 g/mol. The number of primary amides is 1. The van der Waals surface area contributed by atoms with Crippen LogP contribution in [0.2, 0.25) is 0 Å². The van der Waals surface area contributed by atoms with Crippen LogP contribution < -0.4 is 5.73 Å². The minimum Gasteiger partial charge on any atom is -0.379 e. The van der Waals surface area contributed by atoms with Crippen molar-refractivity contribution < 1.29 is 9.53 Å². The summed E-state index contributed by atoms with van der Waals surface area (Å²) in [7, 11) is 1.88. The Hall–Kier alpha value is -0.650. The Bertz CT molecular complexity index is 253. The van der Waals surface area contributed by atoms with Crippen LogP contribution in [-0.2, 0) is 9.53 Å². The molecule has 1 rings (SSSR count). The van der Waals surface area contributed by atoms with Crippen molar-refractivity contribution in [2.45, 2.75) is 26.2 Å². The predicted molar refractivity (Wildman–Crippen MR) is 77.0 cm³/mol. The Kier molecular flexibility index (Phi) is 8.02. The lowest BCUT2D eigenvalue weighted by Crippen LogP contribution is -2.36. The smallest absolute Gasteiger partial charge is 0.231 e. The lowest BCUT2D eigenvalue weighted by molar-refractivity contribution is -0.119. The summed E-state index contributed by atoms with van der Waals surface area (Å²) in [6.07, 6.45) is 3.98. The van der Waals surface area contributed by atoms with Gasteiger partial charge in [-0.15, -0.1) is 0 Å². The van der Waals surface area contributed by atoms with E-state index in [0.717, 1.165) is 25.6 Å². The van der Waals surface area contributed by atoms with Crippen molar-refractivity contribution >= 4 is 5.91 Å². The van der Waals surface area contributed by atoms with Crippen LogP contribution in [0.15, 0.2) is 0 Å².